The van der Waals surface area contributed by atoms with E-state index in [0.717, 1.165) is 30.8 Å². The van der Waals surface area contributed by atoms with Crippen LogP contribution in [-0.2, 0) is 22.4 Å². The highest BCUT2D eigenvalue weighted by Crippen LogP contribution is 2.29. The SMILES string of the molecule is O=C(CN1CCOCC1)N1CCN(C(=O)c2cc3c(s2)CCCCCC3)CC1. The van der Waals surface area contributed by atoms with E-state index in [1.54, 1.807) is 11.3 Å². The predicted molar refractivity (Wildman–Crippen MR) is 110 cm³/mol. The zero-order valence-electron chi connectivity index (χ0n) is 16.7. The Balaban J connectivity index is 1.30. The number of carbonyl (C=O) groups excluding carboxylic acids is 2. The molecule has 0 bridgehead atoms. The highest BCUT2D eigenvalue weighted by Gasteiger charge is 2.27. The summed E-state index contributed by atoms with van der Waals surface area (Å²) in [6.45, 7) is 6.09. The molecule has 2 amide bonds. The zero-order chi connectivity index (χ0) is 19.3. The first-order valence-electron chi connectivity index (χ1n) is 10.7. The molecule has 0 radical (unpaired) electrons. The Morgan fingerprint density at radius 3 is 2.32 bits per heavy atom. The summed E-state index contributed by atoms with van der Waals surface area (Å²) in [5.74, 6) is 0.324. The fourth-order valence-electron chi connectivity index (χ4n) is 4.31. The lowest BCUT2D eigenvalue weighted by molar-refractivity contribution is -0.134. The first-order chi connectivity index (χ1) is 13.7. The van der Waals surface area contributed by atoms with Crippen LogP contribution in [-0.4, -0.2) is 85.5 Å². The molecule has 4 rings (SSSR count). The van der Waals surface area contributed by atoms with E-state index in [9.17, 15) is 9.59 Å². The number of aryl methyl sites for hydroxylation is 2. The van der Waals surface area contributed by atoms with Crippen molar-refractivity contribution in [2.75, 3.05) is 59.0 Å². The van der Waals surface area contributed by atoms with E-state index in [4.69, 9.17) is 4.74 Å². The van der Waals surface area contributed by atoms with E-state index in [1.807, 2.05) is 9.80 Å². The molecule has 2 aliphatic heterocycles. The van der Waals surface area contributed by atoms with Gasteiger partial charge in [-0.1, -0.05) is 12.8 Å². The van der Waals surface area contributed by atoms with Crippen molar-refractivity contribution in [3.63, 3.8) is 0 Å². The first-order valence-corrected chi connectivity index (χ1v) is 11.5. The van der Waals surface area contributed by atoms with Crippen molar-refractivity contribution in [1.82, 2.24) is 14.7 Å². The van der Waals surface area contributed by atoms with Gasteiger partial charge in [-0.25, -0.2) is 0 Å². The summed E-state index contributed by atoms with van der Waals surface area (Å²) < 4.78 is 5.34. The van der Waals surface area contributed by atoms with Crippen molar-refractivity contribution in [3.8, 4) is 0 Å². The van der Waals surface area contributed by atoms with Gasteiger partial charge in [0.2, 0.25) is 5.91 Å². The Kier molecular flexibility index (Phi) is 6.65. The number of carbonyl (C=O) groups is 2. The molecule has 3 heterocycles. The van der Waals surface area contributed by atoms with Crippen LogP contribution in [0.1, 0.15) is 45.8 Å². The second kappa shape index (κ2) is 9.37. The minimum absolute atomic E-state index is 0.150. The highest BCUT2D eigenvalue weighted by molar-refractivity contribution is 7.14. The van der Waals surface area contributed by atoms with Gasteiger partial charge in [0.15, 0.2) is 0 Å². The molecule has 2 fully saturated rings. The molecule has 0 unspecified atom stereocenters. The van der Waals surface area contributed by atoms with Crippen LogP contribution in [0.2, 0.25) is 0 Å². The fraction of sp³-hybridized carbons (Fsp3) is 0.714. The van der Waals surface area contributed by atoms with E-state index < -0.39 is 0 Å². The van der Waals surface area contributed by atoms with Gasteiger partial charge in [0.25, 0.3) is 5.91 Å². The lowest BCUT2D eigenvalue weighted by Gasteiger charge is -2.36. The summed E-state index contributed by atoms with van der Waals surface area (Å²) in [5.41, 5.74) is 1.40. The van der Waals surface area contributed by atoms with E-state index in [2.05, 4.69) is 11.0 Å². The van der Waals surface area contributed by atoms with Gasteiger partial charge < -0.3 is 14.5 Å². The Labute approximate surface area is 171 Å². The van der Waals surface area contributed by atoms with Crippen molar-refractivity contribution in [1.29, 1.82) is 0 Å². The van der Waals surface area contributed by atoms with E-state index in [0.29, 0.717) is 45.9 Å². The molecule has 3 aliphatic rings. The number of morpholine rings is 1. The maximum atomic E-state index is 13.0. The van der Waals surface area contributed by atoms with Crippen LogP contribution in [0.25, 0.3) is 0 Å². The minimum atomic E-state index is 0.150. The molecule has 0 N–H and O–H groups in total. The number of hydrogen-bond donors (Lipinski definition) is 0. The Morgan fingerprint density at radius 1 is 0.893 bits per heavy atom. The van der Waals surface area contributed by atoms with Crippen molar-refractivity contribution in [3.05, 3.63) is 21.4 Å². The van der Waals surface area contributed by atoms with Crippen molar-refractivity contribution in [2.45, 2.75) is 38.5 Å². The first kappa shape index (κ1) is 19.9. The molecule has 28 heavy (non-hydrogen) atoms. The molecule has 0 atom stereocenters. The Hall–Kier alpha value is -1.44. The second-order valence-electron chi connectivity index (χ2n) is 8.03. The van der Waals surface area contributed by atoms with E-state index in [-0.39, 0.29) is 11.8 Å². The van der Waals surface area contributed by atoms with Gasteiger partial charge >= 0.3 is 0 Å². The van der Waals surface area contributed by atoms with Crippen LogP contribution in [0, 0.1) is 0 Å². The van der Waals surface area contributed by atoms with Crippen LogP contribution in [0.15, 0.2) is 6.07 Å². The summed E-state index contributed by atoms with van der Waals surface area (Å²) in [7, 11) is 0. The molecule has 0 aromatic carbocycles. The van der Waals surface area contributed by atoms with E-state index in [1.165, 1.54) is 36.1 Å². The quantitative estimate of drug-likeness (QED) is 0.772. The molecule has 6 nitrogen and oxygen atoms in total. The molecular weight excluding hydrogens is 374 g/mol. The molecular formula is C21H31N3O3S. The summed E-state index contributed by atoms with van der Waals surface area (Å²) in [6, 6.07) is 2.14. The maximum Gasteiger partial charge on any atom is 0.264 e. The predicted octanol–water partition coefficient (Wildman–Crippen LogP) is 2.02. The zero-order valence-corrected chi connectivity index (χ0v) is 17.5. The number of amides is 2. The fourth-order valence-corrected chi connectivity index (χ4v) is 5.54. The average Bonchev–Trinajstić information content (AvgIpc) is 3.10. The number of thiophene rings is 1. The Bertz CT molecular complexity index is 666. The molecule has 7 heteroatoms. The number of nitrogens with zero attached hydrogens (tertiary/aromatic N) is 3. The van der Waals surface area contributed by atoms with Gasteiger partial charge in [-0.15, -0.1) is 11.3 Å². The second-order valence-corrected chi connectivity index (χ2v) is 9.17. The van der Waals surface area contributed by atoms with Gasteiger partial charge in [-0.3, -0.25) is 14.5 Å². The van der Waals surface area contributed by atoms with Gasteiger partial charge in [0.05, 0.1) is 24.6 Å². The summed E-state index contributed by atoms with van der Waals surface area (Å²) in [4.78, 5) is 33.8. The molecule has 0 spiro atoms. The highest BCUT2D eigenvalue weighted by atomic mass is 32.1. The maximum absolute atomic E-state index is 13.0. The lowest BCUT2D eigenvalue weighted by Crippen LogP contribution is -2.53. The van der Waals surface area contributed by atoms with Crippen molar-refractivity contribution < 1.29 is 14.3 Å². The topological polar surface area (TPSA) is 53.1 Å². The van der Waals surface area contributed by atoms with Crippen molar-refractivity contribution >= 4 is 23.2 Å². The standard InChI is InChI=1S/C21H31N3O3S/c25-20(16-22-11-13-27-14-12-22)23-7-9-24(10-8-23)21(26)19-15-17-5-3-1-2-4-6-18(17)28-19/h15H,1-14,16H2. The third-order valence-corrected chi connectivity index (χ3v) is 7.31. The number of rotatable bonds is 3. The summed E-state index contributed by atoms with van der Waals surface area (Å²) in [6.07, 6.45) is 7.33. The number of fused-ring (bicyclic) bond motifs is 1. The van der Waals surface area contributed by atoms with Crippen LogP contribution < -0.4 is 0 Å². The van der Waals surface area contributed by atoms with Crippen LogP contribution in [0.3, 0.4) is 0 Å². The third-order valence-electron chi connectivity index (χ3n) is 6.09. The molecule has 154 valence electrons. The van der Waals surface area contributed by atoms with Crippen LogP contribution in [0.5, 0.6) is 0 Å². The lowest BCUT2D eigenvalue weighted by atomic mass is 10.00. The van der Waals surface area contributed by atoms with E-state index >= 15 is 0 Å². The smallest absolute Gasteiger partial charge is 0.264 e. The molecule has 1 aromatic rings. The van der Waals surface area contributed by atoms with Crippen LogP contribution in [0.4, 0.5) is 0 Å². The number of hydrogen-bond acceptors (Lipinski definition) is 5. The molecule has 1 aromatic heterocycles. The molecule has 0 saturated carbocycles. The summed E-state index contributed by atoms with van der Waals surface area (Å²) in [5, 5.41) is 0. The van der Waals surface area contributed by atoms with Crippen molar-refractivity contribution in [2.24, 2.45) is 0 Å². The molecule has 1 aliphatic carbocycles. The number of ether oxygens (including phenoxy) is 1. The molecule has 2 saturated heterocycles. The van der Waals surface area contributed by atoms with Gasteiger partial charge in [0, 0.05) is 44.1 Å². The van der Waals surface area contributed by atoms with Crippen LogP contribution >= 0.6 is 11.3 Å². The third kappa shape index (κ3) is 4.75. The monoisotopic (exact) mass is 405 g/mol. The van der Waals surface area contributed by atoms with Gasteiger partial charge in [-0.2, -0.15) is 0 Å². The Morgan fingerprint density at radius 2 is 1.57 bits per heavy atom. The minimum Gasteiger partial charge on any atom is -0.379 e. The number of piperazine rings is 1. The normalized spacial score (nSPS) is 21.7. The van der Waals surface area contributed by atoms with Gasteiger partial charge in [0.1, 0.15) is 0 Å². The largest absolute Gasteiger partial charge is 0.379 e. The summed E-state index contributed by atoms with van der Waals surface area (Å²) >= 11 is 1.70. The van der Waals surface area contributed by atoms with Gasteiger partial charge in [-0.05, 0) is 37.3 Å². The average molecular weight is 406 g/mol.